The molecule has 0 saturated carbocycles. The van der Waals surface area contributed by atoms with Crippen LogP contribution in [0.15, 0.2) is 24.3 Å². The lowest BCUT2D eigenvalue weighted by Crippen LogP contribution is -2.17. The topological polar surface area (TPSA) is 26.3 Å². The van der Waals surface area contributed by atoms with Gasteiger partial charge in [-0.2, -0.15) is 0 Å². The number of carbonyl (C=O) groups excluding carboxylic acids is 1. The zero-order valence-electron chi connectivity index (χ0n) is 8.38. The second-order valence-corrected chi connectivity index (χ2v) is 3.10. The Bertz CT molecular complexity index is 354. The van der Waals surface area contributed by atoms with Crippen LogP contribution in [0.25, 0.3) is 0 Å². The van der Waals surface area contributed by atoms with Crippen LogP contribution in [0.1, 0.15) is 23.2 Å². The summed E-state index contributed by atoms with van der Waals surface area (Å²) in [6, 6.07) is 4.84. The van der Waals surface area contributed by atoms with E-state index < -0.39 is 6.36 Å². The number of halogens is 3. The van der Waals surface area contributed by atoms with Crippen LogP contribution in [-0.2, 0) is 0 Å². The monoisotopic (exact) mass is 231 g/mol. The Morgan fingerprint density at radius 1 is 1.25 bits per heavy atom. The first-order valence-corrected chi connectivity index (χ1v) is 4.60. The molecule has 16 heavy (non-hydrogen) atoms. The zero-order chi connectivity index (χ0) is 12.2. The van der Waals surface area contributed by atoms with E-state index in [9.17, 15) is 18.0 Å². The first kappa shape index (κ1) is 12.5. The highest BCUT2D eigenvalue weighted by Gasteiger charge is 2.30. The minimum Gasteiger partial charge on any atom is -0.406 e. The fourth-order valence-electron chi connectivity index (χ4n) is 1.15. The highest BCUT2D eigenvalue weighted by Crippen LogP contribution is 2.23. The number of carbonyl (C=O) groups is 1. The standard InChI is InChI=1S/C11H10F3O2/c1-2-3-10(15)8-4-6-9(7-5-8)16-11(12,13)14/h4-7H,1-3H2. The van der Waals surface area contributed by atoms with Gasteiger partial charge in [-0.25, -0.2) is 0 Å². The molecule has 5 heteroatoms. The summed E-state index contributed by atoms with van der Waals surface area (Å²) in [6.45, 7) is 3.52. The number of ketones is 1. The van der Waals surface area contributed by atoms with Gasteiger partial charge in [-0.15, -0.1) is 13.2 Å². The van der Waals surface area contributed by atoms with E-state index in [-0.39, 0.29) is 18.0 Å². The Hall–Kier alpha value is -1.52. The van der Waals surface area contributed by atoms with Crippen molar-refractivity contribution in [2.45, 2.75) is 19.2 Å². The lowest BCUT2D eigenvalue weighted by Gasteiger charge is -2.08. The molecule has 1 radical (unpaired) electrons. The van der Waals surface area contributed by atoms with Crippen molar-refractivity contribution in [3.8, 4) is 5.75 Å². The van der Waals surface area contributed by atoms with E-state index in [1.54, 1.807) is 0 Å². The molecular weight excluding hydrogens is 221 g/mol. The van der Waals surface area contributed by atoms with Gasteiger partial charge in [0.05, 0.1) is 0 Å². The molecule has 0 unspecified atom stereocenters. The Labute approximate surface area is 91.0 Å². The number of ether oxygens (including phenoxy) is 1. The highest BCUT2D eigenvalue weighted by atomic mass is 19.4. The fraction of sp³-hybridized carbons (Fsp3) is 0.273. The first-order chi connectivity index (χ1) is 7.42. The van der Waals surface area contributed by atoms with E-state index in [4.69, 9.17) is 0 Å². The molecule has 0 aliphatic heterocycles. The van der Waals surface area contributed by atoms with E-state index in [0.29, 0.717) is 12.0 Å². The van der Waals surface area contributed by atoms with Crippen LogP contribution >= 0.6 is 0 Å². The average Bonchev–Trinajstić information content (AvgIpc) is 2.16. The van der Waals surface area contributed by atoms with Gasteiger partial charge < -0.3 is 4.74 Å². The Morgan fingerprint density at radius 3 is 2.25 bits per heavy atom. The molecule has 0 aliphatic carbocycles. The predicted molar refractivity (Wildman–Crippen MR) is 52.0 cm³/mol. The van der Waals surface area contributed by atoms with Crippen molar-refractivity contribution in [2.75, 3.05) is 0 Å². The first-order valence-electron chi connectivity index (χ1n) is 4.60. The lowest BCUT2D eigenvalue weighted by atomic mass is 10.1. The molecule has 0 aromatic heterocycles. The van der Waals surface area contributed by atoms with Gasteiger partial charge in [0, 0.05) is 12.0 Å². The number of hydrogen-bond donors (Lipinski definition) is 0. The number of rotatable bonds is 4. The smallest absolute Gasteiger partial charge is 0.406 e. The second kappa shape index (κ2) is 5.01. The van der Waals surface area contributed by atoms with E-state index in [1.807, 2.05) is 0 Å². The molecule has 87 valence electrons. The summed E-state index contributed by atoms with van der Waals surface area (Å²) in [5.41, 5.74) is 0.359. The molecule has 1 rings (SSSR count). The van der Waals surface area contributed by atoms with Crippen molar-refractivity contribution in [1.82, 2.24) is 0 Å². The molecule has 0 N–H and O–H groups in total. The molecule has 0 amide bonds. The van der Waals surface area contributed by atoms with E-state index in [1.165, 1.54) is 12.1 Å². The van der Waals surface area contributed by atoms with E-state index >= 15 is 0 Å². The summed E-state index contributed by atoms with van der Waals surface area (Å²) >= 11 is 0. The molecule has 0 fully saturated rings. The number of benzene rings is 1. The van der Waals surface area contributed by atoms with Crippen molar-refractivity contribution >= 4 is 5.78 Å². The summed E-state index contributed by atoms with van der Waals surface area (Å²) in [5.74, 6) is -0.479. The van der Waals surface area contributed by atoms with Gasteiger partial charge in [0.2, 0.25) is 0 Å². The SMILES string of the molecule is [CH2]CCC(=O)c1ccc(OC(F)(F)F)cc1. The molecule has 0 bridgehead atoms. The van der Waals surface area contributed by atoms with Crippen molar-refractivity contribution in [3.63, 3.8) is 0 Å². The van der Waals surface area contributed by atoms with Gasteiger partial charge >= 0.3 is 6.36 Å². The molecular formula is C11H10F3O2. The van der Waals surface area contributed by atoms with Crippen LogP contribution in [0.4, 0.5) is 13.2 Å². The van der Waals surface area contributed by atoms with Crippen LogP contribution in [0, 0.1) is 6.92 Å². The quantitative estimate of drug-likeness (QED) is 0.742. The maximum Gasteiger partial charge on any atom is 0.573 e. The summed E-state index contributed by atoms with van der Waals surface area (Å²) in [5, 5.41) is 0. The molecule has 0 heterocycles. The van der Waals surface area contributed by atoms with Crippen molar-refractivity contribution in [3.05, 3.63) is 36.8 Å². The minimum atomic E-state index is -4.71. The number of hydrogen-bond acceptors (Lipinski definition) is 2. The Balaban J connectivity index is 2.72. The molecule has 0 aliphatic rings. The molecule has 0 atom stereocenters. The third-order valence-electron chi connectivity index (χ3n) is 1.81. The zero-order valence-corrected chi connectivity index (χ0v) is 8.38. The Kier molecular flexibility index (Phi) is 3.93. The number of Topliss-reactive ketones (excluding diaryl/α,β-unsaturated/α-hetero) is 1. The van der Waals surface area contributed by atoms with E-state index in [2.05, 4.69) is 11.7 Å². The third-order valence-corrected chi connectivity index (χ3v) is 1.81. The largest absolute Gasteiger partial charge is 0.573 e. The third kappa shape index (κ3) is 3.92. The summed E-state index contributed by atoms with van der Waals surface area (Å²) in [6.07, 6.45) is -3.97. The molecule has 0 spiro atoms. The molecule has 2 nitrogen and oxygen atoms in total. The molecule has 1 aromatic carbocycles. The highest BCUT2D eigenvalue weighted by molar-refractivity contribution is 5.96. The van der Waals surface area contributed by atoms with Crippen molar-refractivity contribution in [1.29, 1.82) is 0 Å². The van der Waals surface area contributed by atoms with Gasteiger partial charge in [-0.3, -0.25) is 4.79 Å². The summed E-state index contributed by atoms with van der Waals surface area (Å²) in [7, 11) is 0. The van der Waals surface area contributed by atoms with Gasteiger partial charge in [0.1, 0.15) is 5.75 Å². The Morgan fingerprint density at radius 2 is 1.81 bits per heavy atom. The van der Waals surface area contributed by atoms with Crippen LogP contribution in [0.5, 0.6) is 5.75 Å². The number of alkyl halides is 3. The van der Waals surface area contributed by atoms with Gasteiger partial charge in [-0.1, -0.05) is 6.92 Å². The van der Waals surface area contributed by atoms with Crippen molar-refractivity contribution in [2.24, 2.45) is 0 Å². The average molecular weight is 231 g/mol. The van der Waals surface area contributed by atoms with Crippen LogP contribution in [0.3, 0.4) is 0 Å². The minimum absolute atomic E-state index is 0.145. The van der Waals surface area contributed by atoms with Gasteiger partial charge in [0.15, 0.2) is 5.78 Å². The van der Waals surface area contributed by atoms with Crippen LogP contribution in [-0.4, -0.2) is 12.1 Å². The van der Waals surface area contributed by atoms with E-state index in [0.717, 1.165) is 12.1 Å². The molecule has 0 saturated heterocycles. The summed E-state index contributed by atoms with van der Waals surface area (Å²) < 4.78 is 39.1. The van der Waals surface area contributed by atoms with Crippen LogP contribution in [0.2, 0.25) is 0 Å². The van der Waals surface area contributed by atoms with Crippen LogP contribution < -0.4 is 4.74 Å². The normalized spacial score (nSPS) is 11.2. The van der Waals surface area contributed by atoms with Gasteiger partial charge in [0.25, 0.3) is 0 Å². The maximum atomic E-state index is 11.8. The summed E-state index contributed by atoms with van der Waals surface area (Å²) in [4.78, 5) is 11.3. The maximum absolute atomic E-state index is 11.8. The fourth-order valence-corrected chi connectivity index (χ4v) is 1.15. The van der Waals surface area contributed by atoms with Crippen molar-refractivity contribution < 1.29 is 22.7 Å². The lowest BCUT2D eigenvalue weighted by molar-refractivity contribution is -0.274. The second-order valence-electron chi connectivity index (χ2n) is 3.10. The predicted octanol–water partition coefficient (Wildman–Crippen LogP) is 3.38. The van der Waals surface area contributed by atoms with Gasteiger partial charge in [-0.05, 0) is 30.7 Å². The molecule has 1 aromatic rings.